The number of nitrogens with one attached hydrogen (secondary N) is 1. The first kappa shape index (κ1) is 10.2. The van der Waals surface area contributed by atoms with Crippen LogP contribution in [0.4, 0.5) is 0 Å². The molecule has 0 bridgehead atoms. The molecule has 0 saturated heterocycles. The van der Waals surface area contributed by atoms with Crippen LogP contribution < -0.4 is 5.32 Å². The van der Waals surface area contributed by atoms with Crippen molar-refractivity contribution in [2.45, 2.75) is 31.7 Å². The van der Waals surface area contributed by atoms with Crippen LogP contribution in [0.1, 0.15) is 24.0 Å². The van der Waals surface area contributed by atoms with Gasteiger partial charge in [-0.2, -0.15) is 0 Å². The minimum absolute atomic E-state index is 0.410. The molecule has 0 unspecified atom stereocenters. The summed E-state index contributed by atoms with van der Waals surface area (Å²) in [6.45, 7) is 2.15. The summed E-state index contributed by atoms with van der Waals surface area (Å²) >= 11 is 3.54. The third kappa shape index (κ3) is 2.18. The van der Waals surface area contributed by atoms with Gasteiger partial charge in [-0.05, 0) is 56.5 Å². The first-order chi connectivity index (χ1) is 6.63. The Hall–Kier alpha value is -0.340. The SMILES string of the molecule is CNC1(Cc2cc(C)cc(Br)c2)CC1. The van der Waals surface area contributed by atoms with Gasteiger partial charge in [0, 0.05) is 10.0 Å². The Morgan fingerprint density at radius 3 is 2.57 bits per heavy atom. The van der Waals surface area contributed by atoms with Gasteiger partial charge < -0.3 is 5.32 Å². The first-order valence-electron chi connectivity index (χ1n) is 5.09. The van der Waals surface area contributed by atoms with E-state index in [2.05, 4.69) is 53.4 Å². The molecular formula is C12H16BrN. The van der Waals surface area contributed by atoms with Gasteiger partial charge in [0.15, 0.2) is 0 Å². The number of halogens is 1. The maximum absolute atomic E-state index is 3.54. The minimum Gasteiger partial charge on any atom is -0.314 e. The van der Waals surface area contributed by atoms with Crippen molar-refractivity contribution in [3.05, 3.63) is 33.8 Å². The van der Waals surface area contributed by atoms with Gasteiger partial charge in [-0.15, -0.1) is 0 Å². The Kier molecular flexibility index (Phi) is 2.67. The van der Waals surface area contributed by atoms with E-state index in [4.69, 9.17) is 0 Å². The highest BCUT2D eigenvalue weighted by molar-refractivity contribution is 9.10. The second-order valence-corrected chi connectivity index (χ2v) is 5.26. The van der Waals surface area contributed by atoms with Crippen LogP contribution >= 0.6 is 15.9 Å². The van der Waals surface area contributed by atoms with E-state index in [9.17, 15) is 0 Å². The van der Waals surface area contributed by atoms with Crippen LogP contribution in [-0.2, 0) is 6.42 Å². The fourth-order valence-corrected chi connectivity index (χ4v) is 2.63. The molecule has 0 spiro atoms. The molecule has 1 aliphatic carbocycles. The fourth-order valence-electron chi connectivity index (χ4n) is 1.97. The van der Waals surface area contributed by atoms with Crippen LogP contribution in [-0.4, -0.2) is 12.6 Å². The van der Waals surface area contributed by atoms with Gasteiger partial charge in [0.2, 0.25) is 0 Å². The van der Waals surface area contributed by atoms with Crippen LogP contribution in [0, 0.1) is 6.92 Å². The van der Waals surface area contributed by atoms with E-state index in [1.165, 1.54) is 28.4 Å². The number of likely N-dealkylation sites (N-methyl/N-ethyl adjacent to an activating group) is 1. The number of hydrogen-bond donors (Lipinski definition) is 1. The molecule has 14 heavy (non-hydrogen) atoms. The molecule has 0 heterocycles. The van der Waals surface area contributed by atoms with E-state index < -0.39 is 0 Å². The van der Waals surface area contributed by atoms with Gasteiger partial charge in [-0.25, -0.2) is 0 Å². The van der Waals surface area contributed by atoms with Crippen molar-refractivity contribution < 1.29 is 0 Å². The number of hydrogen-bond acceptors (Lipinski definition) is 1. The van der Waals surface area contributed by atoms with Crippen LogP contribution in [0.5, 0.6) is 0 Å². The molecule has 0 aromatic heterocycles. The third-order valence-corrected chi connectivity index (χ3v) is 3.49. The molecule has 1 nitrogen and oxygen atoms in total. The average molecular weight is 254 g/mol. The maximum atomic E-state index is 3.54. The molecule has 1 aromatic carbocycles. The molecule has 1 fully saturated rings. The van der Waals surface area contributed by atoms with E-state index in [1.54, 1.807) is 0 Å². The summed E-state index contributed by atoms with van der Waals surface area (Å²) in [5, 5.41) is 3.42. The van der Waals surface area contributed by atoms with Gasteiger partial charge in [0.05, 0.1) is 0 Å². The number of aryl methyl sites for hydroxylation is 1. The largest absolute Gasteiger partial charge is 0.314 e. The zero-order valence-corrected chi connectivity index (χ0v) is 10.3. The summed E-state index contributed by atoms with van der Waals surface area (Å²) in [6.07, 6.45) is 3.79. The Labute approximate surface area is 94.0 Å². The predicted octanol–water partition coefficient (Wildman–Crippen LogP) is 3.05. The molecule has 1 aliphatic rings. The van der Waals surface area contributed by atoms with Gasteiger partial charge in [0.25, 0.3) is 0 Å². The van der Waals surface area contributed by atoms with E-state index in [-0.39, 0.29) is 0 Å². The fraction of sp³-hybridized carbons (Fsp3) is 0.500. The highest BCUT2D eigenvalue weighted by atomic mass is 79.9. The van der Waals surface area contributed by atoms with Crippen LogP contribution in [0.15, 0.2) is 22.7 Å². The van der Waals surface area contributed by atoms with Crippen molar-refractivity contribution >= 4 is 15.9 Å². The van der Waals surface area contributed by atoms with Crippen LogP contribution in [0.25, 0.3) is 0 Å². The van der Waals surface area contributed by atoms with E-state index >= 15 is 0 Å². The summed E-state index contributed by atoms with van der Waals surface area (Å²) in [4.78, 5) is 0. The lowest BCUT2D eigenvalue weighted by Crippen LogP contribution is -2.29. The van der Waals surface area contributed by atoms with Crippen molar-refractivity contribution in [1.82, 2.24) is 5.32 Å². The van der Waals surface area contributed by atoms with Crippen molar-refractivity contribution in [2.24, 2.45) is 0 Å². The second-order valence-electron chi connectivity index (χ2n) is 4.34. The van der Waals surface area contributed by atoms with Crippen molar-refractivity contribution in [2.75, 3.05) is 7.05 Å². The zero-order valence-electron chi connectivity index (χ0n) is 8.73. The van der Waals surface area contributed by atoms with Gasteiger partial charge in [-0.3, -0.25) is 0 Å². The molecule has 0 atom stereocenters. The molecule has 0 radical (unpaired) electrons. The van der Waals surface area contributed by atoms with E-state index in [0.717, 1.165) is 6.42 Å². The van der Waals surface area contributed by atoms with Crippen molar-refractivity contribution in [1.29, 1.82) is 0 Å². The lowest BCUT2D eigenvalue weighted by molar-refractivity contribution is 0.548. The molecular weight excluding hydrogens is 238 g/mol. The Balaban J connectivity index is 2.16. The smallest absolute Gasteiger partial charge is 0.0220 e. The highest BCUT2D eigenvalue weighted by Gasteiger charge is 2.40. The Bertz CT molecular complexity index is 322. The quantitative estimate of drug-likeness (QED) is 0.874. The molecule has 0 amide bonds. The molecule has 2 heteroatoms. The predicted molar refractivity (Wildman–Crippen MR) is 63.6 cm³/mol. The van der Waals surface area contributed by atoms with Crippen molar-refractivity contribution in [3.63, 3.8) is 0 Å². The summed E-state index contributed by atoms with van der Waals surface area (Å²) in [5.74, 6) is 0. The Morgan fingerprint density at radius 1 is 1.36 bits per heavy atom. The zero-order chi connectivity index (χ0) is 10.2. The molecule has 1 saturated carbocycles. The van der Waals surface area contributed by atoms with Gasteiger partial charge in [0.1, 0.15) is 0 Å². The summed E-state index contributed by atoms with van der Waals surface area (Å²) in [5.41, 5.74) is 3.18. The third-order valence-electron chi connectivity index (χ3n) is 3.03. The molecule has 1 aromatic rings. The first-order valence-corrected chi connectivity index (χ1v) is 5.88. The van der Waals surface area contributed by atoms with Gasteiger partial charge >= 0.3 is 0 Å². The molecule has 1 N–H and O–H groups in total. The summed E-state index contributed by atoms with van der Waals surface area (Å²) in [7, 11) is 2.07. The van der Waals surface area contributed by atoms with E-state index in [1.807, 2.05) is 0 Å². The number of benzene rings is 1. The lowest BCUT2D eigenvalue weighted by atomic mass is 10.0. The normalized spacial score (nSPS) is 18.2. The van der Waals surface area contributed by atoms with E-state index in [0.29, 0.717) is 5.54 Å². The number of rotatable bonds is 3. The van der Waals surface area contributed by atoms with Crippen LogP contribution in [0.3, 0.4) is 0 Å². The monoisotopic (exact) mass is 253 g/mol. The lowest BCUT2D eigenvalue weighted by Gasteiger charge is -2.14. The average Bonchev–Trinajstić information content (AvgIpc) is 2.83. The summed E-state index contributed by atoms with van der Waals surface area (Å²) in [6, 6.07) is 6.66. The summed E-state index contributed by atoms with van der Waals surface area (Å²) < 4.78 is 1.19. The highest BCUT2D eigenvalue weighted by Crippen LogP contribution is 2.38. The second kappa shape index (κ2) is 3.67. The Morgan fingerprint density at radius 2 is 2.07 bits per heavy atom. The maximum Gasteiger partial charge on any atom is 0.0220 e. The van der Waals surface area contributed by atoms with Gasteiger partial charge in [-0.1, -0.05) is 22.0 Å². The molecule has 76 valence electrons. The minimum atomic E-state index is 0.410. The standard InChI is InChI=1S/C12H16BrN/c1-9-5-10(7-11(13)6-9)8-12(14-2)3-4-12/h5-7,14H,3-4,8H2,1-2H3. The van der Waals surface area contributed by atoms with Crippen LogP contribution in [0.2, 0.25) is 0 Å². The van der Waals surface area contributed by atoms with Crippen molar-refractivity contribution in [3.8, 4) is 0 Å². The molecule has 2 rings (SSSR count). The molecule has 0 aliphatic heterocycles. The topological polar surface area (TPSA) is 12.0 Å².